The van der Waals surface area contributed by atoms with Gasteiger partial charge in [0.25, 0.3) is 5.91 Å². The van der Waals surface area contributed by atoms with E-state index in [4.69, 9.17) is 18.9 Å². The van der Waals surface area contributed by atoms with Gasteiger partial charge < -0.3 is 34.5 Å². The fourth-order valence-corrected chi connectivity index (χ4v) is 9.60. The minimum Gasteiger partial charge on any atom is -0.486 e. The molecular formula is C40H52FN5O10S. The topological polar surface area (TPSA) is 192 Å². The second-order valence-corrected chi connectivity index (χ2v) is 19.3. The van der Waals surface area contributed by atoms with E-state index < -0.39 is 80.5 Å². The first-order valence-corrected chi connectivity index (χ1v) is 21.2. The van der Waals surface area contributed by atoms with Crippen LogP contribution in [0.25, 0.3) is 10.8 Å². The highest BCUT2D eigenvalue weighted by Crippen LogP contribution is 2.48. The number of pyridine rings is 1. The Bertz CT molecular complexity index is 2070. The van der Waals surface area contributed by atoms with Crippen LogP contribution in [0.1, 0.15) is 79.6 Å². The van der Waals surface area contributed by atoms with Crippen molar-refractivity contribution in [3.05, 3.63) is 36.5 Å². The van der Waals surface area contributed by atoms with Crippen molar-refractivity contribution in [3.63, 3.8) is 0 Å². The minimum absolute atomic E-state index is 0.0222. The van der Waals surface area contributed by atoms with E-state index in [-0.39, 0.29) is 49.9 Å². The number of hydrogen-bond donors (Lipinski definition) is 3. The van der Waals surface area contributed by atoms with Crippen LogP contribution in [0.3, 0.4) is 0 Å². The molecule has 2 aliphatic carbocycles. The standard InChI is InChI=1S/C40H52FN5O10S/c1-23-8-6-7-9-25-20-40(25,36(49)45-57(51,52)39(22-41)13-14-39)44-33(47)29-19-26(21-46(29)35(48)31(24(2)18-23)43-37(50)56-38(3,4)5)55-34-28-10-11-30-32(54-17-16-53-30)27(28)12-15-42-34/h7,9-12,15,23-26,29,31H,6,8,13-14,16-22H2,1-5H3,(H,43,50)(H,44,47)(H,45,49)/b9-7-/t23-,24-,25-,26-,29+,31+,40-/m1/s1. The van der Waals surface area contributed by atoms with Crippen molar-refractivity contribution < 1.29 is 50.9 Å². The summed E-state index contributed by atoms with van der Waals surface area (Å²) in [5, 5.41) is 6.95. The molecule has 57 heavy (non-hydrogen) atoms. The smallest absolute Gasteiger partial charge is 0.408 e. The maximum absolute atomic E-state index is 14.8. The number of carbonyl (C=O) groups excluding carboxylic acids is 4. The fraction of sp³-hybridized carbons (Fsp3) is 0.625. The molecule has 4 amide bonds. The molecule has 7 rings (SSSR count). The summed E-state index contributed by atoms with van der Waals surface area (Å²) in [4.78, 5) is 62.3. The zero-order valence-electron chi connectivity index (χ0n) is 33.0. The number of aromatic nitrogens is 1. The summed E-state index contributed by atoms with van der Waals surface area (Å²) in [6, 6.07) is 3.05. The monoisotopic (exact) mass is 813 g/mol. The Hall–Kier alpha value is -4.67. The van der Waals surface area contributed by atoms with Crippen molar-refractivity contribution >= 4 is 44.6 Å². The van der Waals surface area contributed by atoms with Gasteiger partial charge in [-0.25, -0.2) is 22.6 Å². The molecule has 5 aliphatic rings. The molecular weight excluding hydrogens is 762 g/mol. The highest BCUT2D eigenvalue weighted by atomic mass is 32.2. The van der Waals surface area contributed by atoms with Gasteiger partial charge in [-0.1, -0.05) is 26.0 Å². The van der Waals surface area contributed by atoms with Crippen LogP contribution in [-0.2, 0) is 29.1 Å². The summed E-state index contributed by atoms with van der Waals surface area (Å²) < 4.78 is 64.4. The van der Waals surface area contributed by atoms with Gasteiger partial charge in [-0.3, -0.25) is 19.1 Å². The third-order valence-electron chi connectivity index (χ3n) is 11.6. The number of benzene rings is 1. The second kappa shape index (κ2) is 15.3. The highest BCUT2D eigenvalue weighted by molar-refractivity contribution is 7.91. The summed E-state index contributed by atoms with van der Waals surface area (Å²) in [6.07, 6.45) is 5.87. The van der Waals surface area contributed by atoms with E-state index in [1.807, 2.05) is 13.0 Å². The average molecular weight is 814 g/mol. The largest absolute Gasteiger partial charge is 0.486 e. The maximum Gasteiger partial charge on any atom is 0.408 e. The van der Waals surface area contributed by atoms with Crippen LogP contribution in [0, 0.1) is 17.8 Å². The molecule has 0 bridgehead atoms. The van der Waals surface area contributed by atoms with Crippen molar-refractivity contribution in [2.45, 2.75) is 114 Å². The maximum atomic E-state index is 14.8. The Labute approximate surface area is 331 Å². The lowest BCUT2D eigenvalue weighted by Crippen LogP contribution is -2.59. The lowest BCUT2D eigenvalue weighted by atomic mass is 9.88. The van der Waals surface area contributed by atoms with E-state index in [1.54, 1.807) is 51.2 Å². The number of rotatable bonds is 7. The number of halogens is 1. The summed E-state index contributed by atoms with van der Waals surface area (Å²) in [5.74, 6) is -1.65. The Morgan fingerprint density at radius 3 is 2.56 bits per heavy atom. The Balaban J connectivity index is 1.22. The van der Waals surface area contributed by atoms with Gasteiger partial charge >= 0.3 is 6.09 Å². The van der Waals surface area contributed by atoms with Gasteiger partial charge in [0.2, 0.25) is 27.7 Å². The normalized spacial score (nSPS) is 30.4. The molecule has 1 aromatic carbocycles. The van der Waals surface area contributed by atoms with Crippen molar-refractivity contribution in [1.82, 2.24) is 25.2 Å². The third-order valence-corrected chi connectivity index (χ3v) is 13.7. The van der Waals surface area contributed by atoms with Gasteiger partial charge in [0, 0.05) is 29.3 Å². The number of sulfonamides is 1. The van der Waals surface area contributed by atoms with E-state index in [1.165, 1.54) is 4.90 Å². The lowest BCUT2D eigenvalue weighted by Gasteiger charge is -2.33. The quantitative estimate of drug-likeness (QED) is 0.342. The molecule has 1 saturated heterocycles. The fourth-order valence-electron chi connectivity index (χ4n) is 8.18. The molecule has 3 aliphatic heterocycles. The number of amides is 4. The number of alkyl halides is 1. The molecule has 1 aromatic heterocycles. The molecule has 0 spiro atoms. The number of carbonyl (C=O) groups is 4. The summed E-state index contributed by atoms with van der Waals surface area (Å²) >= 11 is 0. The number of alkyl carbamates (subject to hydrolysis) is 1. The molecule has 2 aromatic rings. The average Bonchev–Trinajstić information content (AvgIpc) is 4.06. The molecule has 4 heterocycles. The van der Waals surface area contributed by atoms with Crippen LogP contribution in [0.15, 0.2) is 36.5 Å². The van der Waals surface area contributed by atoms with Crippen LogP contribution in [0.5, 0.6) is 17.4 Å². The van der Waals surface area contributed by atoms with Crippen LogP contribution >= 0.6 is 0 Å². The van der Waals surface area contributed by atoms with Gasteiger partial charge in [0.05, 0.1) is 6.54 Å². The molecule has 310 valence electrons. The SMILES string of the molecule is C[C@@H]1CC/C=C\[C@@H]2C[C@@]2(C(=O)NS(=O)(=O)C2(CF)CC2)NC(=O)[C@@H]2C[C@@H](Oc3nccc4c5c(ccc34)OCCO5)CN2C(=O)[C@@H](NC(=O)OC(C)(C)C)[C@H](C)C1. The Kier molecular flexibility index (Phi) is 10.8. The molecule has 0 unspecified atom stereocenters. The van der Waals surface area contributed by atoms with Crippen molar-refractivity contribution in [2.75, 3.05) is 26.4 Å². The van der Waals surface area contributed by atoms with Gasteiger partial charge in [-0.15, -0.1) is 0 Å². The first-order chi connectivity index (χ1) is 27.0. The van der Waals surface area contributed by atoms with E-state index in [2.05, 4.69) is 27.3 Å². The summed E-state index contributed by atoms with van der Waals surface area (Å²) in [7, 11) is -4.39. The number of fused-ring (bicyclic) bond motifs is 5. The molecule has 3 fully saturated rings. The van der Waals surface area contributed by atoms with Crippen LogP contribution in [-0.4, -0.2) is 103 Å². The molecule has 2 saturated carbocycles. The van der Waals surface area contributed by atoms with E-state index in [9.17, 15) is 32.0 Å². The van der Waals surface area contributed by atoms with Gasteiger partial charge in [0.1, 0.15) is 54.0 Å². The summed E-state index contributed by atoms with van der Waals surface area (Å²) in [5.41, 5.74) is -2.51. The van der Waals surface area contributed by atoms with Crippen LogP contribution in [0.2, 0.25) is 0 Å². The zero-order valence-corrected chi connectivity index (χ0v) is 33.8. The zero-order chi connectivity index (χ0) is 40.9. The van der Waals surface area contributed by atoms with E-state index in [0.717, 1.165) is 6.42 Å². The molecule has 0 radical (unpaired) electrons. The molecule has 3 N–H and O–H groups in total. The second-order valence-electron chi connectivity index (χ2n) is 17.3. The van der Waals surface area contributed by atoms with Crippen molar-refractivity contribution in [1.29, 1.82) is 0 Å². The number of nitrogens with zero attached hydrogens (tertiary/aromatic N) is 2. The predicted molar refractivity (Wildman–Crippen MR) is 206 cm³/mol. The Morgan fingerprint density at radius 1 is 1.09 bits per heavy atom. The van der Waals surface area contributed by atoms with Crippen molar-refractivity contribution in [2.24, 2.45) is 17.8 Å². The predicted octanol–water partition coefficient (Wildman–Crippen LogP) is 4.08. The third kappa shape index (κ3) is 8.21. The summed E-state index contributed by atoms with van der Waals surface area (Å²) in [6.45, 7) is 8.64. The number of ether oxygens (including phenoxy) is 4. The van der Waals surface area contributed by atoms with Crippen molar-refractivity contribution in [3.8, 4) is 17.4 Å². The number of hydrogen-bond acceptors (Lipinski definition) is 11. The first-order valence-electron chi connectivity index (χ1n) is 19.7. The van der Waals surface area contributed by atoms with Gasteiger partial charge in [0.15, 0.2) is 11.5 Å². The molecule has 7 atom stereocenters. The van der Waals surface area contributed by atoms with Crippen LogP contribution in [0.4, 0.5) is 9.18 Å². The molecule has 17 heteroatoms. The van der Waals surface area contributed by atoms with Gasteiger partial charge in [-0.05, 0) is 89.3 Å². The number of allylic oxidation sites excluding steroid dienone is 1. The van der Waals surface area contributed by atoms with E-state index in [0.29, 0.717) is 48.3 Å². The van der Waals surface area contributed by atoms with Crippen LogP contribution < -0.4 is 29.6 Å². The highest BCUT2D eigenvalue weighted by Gasteiger charge is 2.64. The Morgan fingerprint density at radius 2 is 1.84 bits per heavy atom. The number of nitrogens with one attached hydrogen (secondary N) is 3. The first kappa shape index (κ1) is 40.5. The minimum atomic E-state index is -4.39. The molecule has 15 nitrogen and oxygen atoms in total. The van der Waals surface area contributed by atoms with E-state index >= 15 is 0 Å². The lowest BCUT2D eigenvalue weighted by molar-refractivity contribution is -0.142. The van der Waals surface area contributed by atoms with Gasteiger partial charge in [-0.2, -0.15) is 0 Å².